The predicted molar refractivity (Wildman–Crippen MR) is 95.0 cm³/mol. The van der Waals surface area contributed by atoms with E-state index in [1.807, 2.05) is 54.5 Å². The number of nitrogens with one attached hydrogen (secondary N) is 1. The van der Waals surface area contributed by atoms with Crippen LogP contribution in [0, 0.1) is 0 Å². The number of carbonyl (C=O) groups excluding carboxylic acids is 1. The number of carbonyl (C=O) groups is 1. The average Bonchev–Trinajstić information content (AvgIpc) is 3.10. The van der Waals surface area contributed by atoms with Gasteiger partial charge in [0.05, 0.1) is 22.0 Å². The minimum Gasteiger partial charge on any atom is -0.331 e. The Morgan fingerprint density at radius 2 is 2.08 bits per heavy atom. The van der Waals surface area contributed by atoms with Gasteiger partial charge in [0.1, 0.15) is 0 Å². The van der Waals surface area contributed by atoms with Gasteiger partial charge in [0.25, 0.3) is 5.24 Å². The minimum absolute atomic E-state index is 0.00826. The van der Waals surface area contributed by atoms with Crippen LogP contribution in [0.3, 0.4) is 0 Å². The first-order chi connectivity index (χ1) is 11.5. The van der Waals surface area contributed by atoms with Gasteiger partial charge in [0.2, 0.25) is 0 Å². The molecule has 8 heteroatoms. The number of hydrogen-bond donors (Lipinski definition) is 1. The van der Waals surface area contributed by atoms with E-state index in [0.29, 0.717) is 0 Å². The summed E-state index contributed by atoms with van der Waals surface area (Å²) in [7, 11) is 3.93. The maximum Gasteiger partial charge on any atom is 0.299 e. The number of hydrogen-bond acceptors (Lipinski definition) is 5. The number of fused-ring (bicyclic) bond motifs is 1. The first-order valence-electron chi connectivity index (χ1n) is 7.53. The standard InChI is InChI=1S/C16H16N6OS/c1-9-13(19-20-16(23)24-9)10-4-5-12-11(8-10)18-15(22(12)3)14-17-6-7-21(14)2/h4-9H,1-3H3,(H,20,23). The third-order valence-corrected chi connectivity index (χ3v) is 5.02. The molecule has 1 aromatic carbocycles. The number of aromatic nitrogens is 4. The van der Waals surface area contributed by atoms with Gasteiger partial charge in [0, 0.05) is 32.1 Å². The van der Waals surface area contributed by atoms with E-state index < -0.39 is 0 Å². The number of rotatable bonds is 2. The van der Waals surface area contributed by atoms with Crippen molar-refractivity contribution in [2.45, 2.75) is 12.2 Å². The summed E-state index contributed by atoms with van der Waals surface area (Å²) in [5.74, 6) is 1.64. The zero-order valence-corrected chi connectivity index (χ0v) is 14.3. The van der Waals surface area contributed by atoms with Crippen molar-refractivity contribution in [2.75, 3.05) is 0 Å². The zero-order chi connectivity index (χ0) is 16.8. The lowest BCUT2D eigenvalue weighted by atomic mass is 10.1. The molecule has 1 amide bonds. The van der Waals surface area contributed by atoms with Gasteiger partial charge < -0.3 is 9.13 Å². The van der Waals surface area contributed by atoms with E-state index in [4.69, 9.17) is 4.98 Å². The van der Waals surface area contributed by atoms with Crippen LogP contribution < -0.4 is 5.43 Å². The number of benzene rings is 1. The Labute approximate surface area is 142 Å². The molecule has 1 unspecified atom stereocenters. The fourth-order valence-electron chi connectivity index (χ4n) is 2.88. The summed E-state index contributed by atoms with van der Waals surface area (Å²) >= 11 is 1.24. The predicted octanol–water partition coefficient (Wildman–Crippen LogP) is 2.52. The van der Waals surface area contributed by atoms with Crippen molar-refractivity contribution >= 4 is 33.7 Å². The molecule has 3 aromatic rings. The number of aryl methyl sites for hydroxylation is 2. The highest BCUT2D eigenvalue weighted by Crippen LogP contribution is 2.26. The molecule has 1 atom stereocenters. The van der Waals surface area contributed by atoms with Gasteiger partial charge >= 0.3 is 0 Å². The highest BCUT2D eigenvalue weighted by Gasteiger charge is 2.23. The summed E-state index contributed by atoms with van der Waals surface area (Å²) in [5, 5.41) is 4.09. The Kier molecular flexibility index (Phi) is 3.42. The van der Waals surface area contributed by atoms with Gasteiger partial charge in [-0.1, -0.05) is 17.8 Å². The quantitative estimate of drug-likeness (QED) is 0.778. The van der Waals surface area contributed by atoms with Crippen LogP contribution >= 0.6 is 11.8 Å². The molecule has 0 saturated carbocycles. The molecule has 1 aliphatic rings. The minimum atomic E-state index is -0.123. The van der Waals surface area contributed by atoms with E-state index in [1.165, 1.54) is 11.8 Å². The number of imidazole rings is 2. The SMILES string of the molecule is CC1SC(=O)NN=C1c1ccc2c(c1)nc(-c1nccn1C)n2C. The Hall–Kier alpha value is -2.61. The molecule has 122 valence electrons. The topological polar surface area (TPSA) is 77.1 Å². The molecule has 24 heavy (non-hydrogen) atoms. The molecule has 7 nitrogen and oxygen atoms in total. The molecule has 0 bridgehead atoms. The molecule has 1 N–H and O–H groups in total. The zero-order valence-electron chi connectivity index (χ0n) is 13.5. The summed E-state index contributed by atoms with van der Waals surface area (Å²) in [4.78, 5) is 20.5. The second-order valence-corrected chi connectivity index (χ2v) is 7.03. The largest absolute Gasteiger partial charge is 0.331 e. The molecule has 0 spiro atoms. The van der Waals surface area contributed by atoms with Crippen LogP contribution in [-0.4, -0.2) is 35.3 Å². The highest BCUT2D eigenvalue weighted by atomic mass is 32.2. The van der Waals surface area contributed by atoms with E-state index in [-0.39, 0.29) is 10.5 Å². The molecule has 2 aromatic heterocycles. The second-order valence-electron chi connectivity index (χ2n) is 5.72. The lowest BCUT2D eigenvalue weighted by Crippen LogP contribution is -2.29. The maximum absolute atomic E-state index is 11.4. The van der Waals surface area contributed by atoms with Crippen LogP contribution in [0.1, 0.15) is 12.5 Å². The Balaban J connectivity index is 1.82. The van der Waals surface area contributed by atoms with Crippen molar-refractivity contribution in [3.05, 3.63) is 36.2 Å². The van der Waals surface area contributed by atoms with Crippen molar-refractivity contribution in [3.63, 3.8) is 0 Å². The van der Waals surface area contributed by atoms with E-state index in [2.05, 4.69) is 15.5 Å². The van der Waals surface area contributed by atoms with Crippen molar-refractivity contribution in [2.24, 2.45) is 19.2 Å². The van der Waals surface area contributed by atoms with Crippen LogP contribution in [0.15, 0.2) is 35.7 Å². The lowest BCUT2D eigenvalue weighted by molar-refractivity contribution is 0.261. The molecule has 4 rings (SSSR count). The van der Waals surface area contributed by atoms with Gasteiger partial charge in [-0.15, -0.1) is 0 Å². The van der Waals surface area contributed by atoms with E-state index in [9.17, 15) is 4.79 Å². The molecule has 1 aliphatic heterocycles. The lowest BCUT2D eigenvalue weighted by Gasteiger charge is -2.18. The van der Waals surface area contributed by atoms with Crippen molar-refractivity contribution < 1.29 is 4.79 Å². The Bertz CT molecular complexity index is 986. The highest BCUT2D eigenvalue weighted by molar-refractivity contribution is 8.14. The second kappa shape index (κ2) is 5.48. The Morgan fingerprint density at radius 1 is 1.25 bits per heavy atom. The maximum atomic E-state index is 11.4. The summed E-state index contributed by atoms with van der Waals surface area (Å²) in [5.41, 5.74) is 6.25. The monoisotopic (exact) mass is 340 g/mol. The first-order valence-corrected chi connectivity index (χ1v) is 8.41. The Morgan fingerprint density at radius 3 is 2.79 bits per heavy atom. The van der Waals surface area contributed by atoms with Gasteiger partial charge in [0.15, 0.2) is 11.6 Å². The fraction of sp³-hybridized carbons (Fsp3) is 0.250. The van der Waals surface area contributed by atoms with Crippen molar-refractivity contribution in [1.82, 2.24) is 24.5 Å². The van der Waals surface area contributed by atoms with Crippen LogP contribution in [0.2, 0.25) is 0 Å². The summed E-state index contributed by atoms with van der Waals surface area (Å²) in [6.07, 6.45) is 3.66. The van der Waals surface area contributed by atoms with E-state index in [0.717, 1.165) is 34.0 Å². The molecular formula is C16H16N6OS. The molecule has 0 radical (unpaired) electrons. The number of nitrogens with zero attached hydrogens (tertiary/aromatic N) is 5. The molecule has 0 aliphatic carbocycles. The average molecular weight is 340 g/mol. The van der Waals surface area contributed by atoms with Crippen LogP contribution in [-0.2, 0) is 14.1 Å². The van der Waals surface area contributed by atoms with Gasteiger partial charge in [-0.2, -0.15) is 5.10 Å². The van der Waals surface area contributed by atoms with Gasteiger partial charge in [-0.3, -0.25) is 4.79 Å². The molecular weight excluding hydrogens is 324 g/mol. The molecule has 0 fully saturated rings. The normalized spacial score (nSPS) is 17.9. The molecule has 0 saturated heterocycles. The number of hydrazone groups is 1. The third-order valence-electron chi connectivity index (χ3n) is 4.13. The smallest absolute Gasteiger partial charge is 0.299 e. The van der Waals surface area contributed by atoms with Crippen LogP contribution in [0.4, 0.5) is 4.79 Å². The summed E-state index contributed by atoms with van der Waals surface area (Å²) in [6, 6.07) is 6.05. The number of thioether (sulfide) groups is 1. The molecule has 3 heterocycles. The third kappa shape index (κ3) is 2.30. The van der Waals surface area contributed by atoms with Crippen LogP contribution in [0.5, 0.6) is 0 Å². The van der Waals surface area contributed by atoms with E-state index >= 15 is 0 Å². The van der Waals surface area contributed by atoms with Crippen molar-refractivity contribution in [3.8, 4) is 11.6 Å². The fourth-order valence-corrected chi connectivity index (χ4v) is 3.60. The first kappa shape index (κ1) is 14.9. The van der Waals surface area contributed by atoms with Gasteiger partial charge in [-0.05, 0) is 19.1 Å². The number of amides is 1. The summed E-state index contributed by atoms with van der Waals surface area (Å²) in [6.45, 7) is 1.98. The van der Waals surface area contributed by atoms with E-state index in [1.54, 1.807) is 6.20 Å². The van der Waals surface area contributed by atoms with Crippen molar-refractivity contribution in [1.29, 1.82) is 0 Å². The summed E-state index contributed by atoms with van der Waals surface area (Å²) < 4.78 is 3.98. The van der Waals surface area contributed by atoms with Crippen LogP contribution in [0.25, 0.3) is 22.7 Å². The van der Waals surface area contributed by atoms with Gasteiger partial charge in [-0.25, -0.2) is 15.4 Å².